The van der Waals surface area contributed by atoms with Gasteiger partial charge in [0.25, 0.3) is 0 Å². The van der Waals surface area contributed by atoms with Gasteiger partial charge in [-0.25, -0.2) is 0 Å². The molecule has 2 aliphatic rings. The molecule has 33 heavy (non-hydrogen) atoms. The first-order valence-electron chi connectivity index (χ1n) is 13.5. The summed E-state index contributed by atoms with van der Waals surface area (Å²) < 4.78 is 0. The number of ketones is 1. The number of hydrogen-bond donors (Lipinski definition) is 0. The Bertz CT molecular complexity index is 932. The van der Waals surface area contributed by atoms with Crippen molar-refractivity contribution < 1.29 is 4.79 Å². The number of fused-ring (bicyclic) bond motifs is 2. The number of aryl methyl sites for hydroxylation is 3. The zero-order valence-electron chi connectivity index (χ0n) is 21.1. The van der Waals surface area contributed by atoms with E-state index in [-0.39, 0.29) is 0 Å². The van der Waals surface area contributed by atoms with E-state index in [0.717, 1.165) is 68.5 Å². The maximum atomic E-state index is 12.8. The van der Waals surface area contributed by atoms with Crippen LogP contribution in [0.25, 0.3) is 0 Å². The first kappa shape index (κ1) is 24.0. The average molecular weight is 446 g/mol. The number of anilines is 1. The third kappa shape index (κ3) is 6.08. The number of carbonyl (C=O) groups excluding carboxylic acids is 1. The SMILES string of the molecule is CCCN(CCCc1ccc(C(=O)CCCC2C[C@H]3CC[C@@H]2C3)cc1C)c1ccccc1C. The molecule has 0 amide bonds. The van der Waals surface area contributed by atoms with E-state index in [1.54, 1.807) is 0 Å². The fourth-order valence-corrected chi connectivity index (χ4v) is 6.55. The van der Waals surface area contributed by atoms with Crippen molar-refractivity contribution in [1.82, 2.24) is 0 Å². The Morgan fingerprint density at radius 1 is 0.970 bits per heavy atom. The molecule has 2 bridgehead atoms. The standard InChI is InChI=1S/C31H43NO/c1-4-18-32(30-12-6-5-9-23(30)2)19-8-11-26-16-17-29(20-24(26)3)31(33)13-7-10-27-21-25-14-15-28(27)22-25/h5-6,9,12,16-17,20,25,27-28H,4,7-8,10-11,13-15,18-19,21-22H2,1-3H3/t25-,27?,28-/m1/s1. The van der Waals surface area contributed by atoms with Crippen LogP contribution in [0.2, 0.25) is 0 Å². The Morgan fingerprint density at radius 2 is 1.82 bits per heavy atom. The van der Waals surface area contributed by atoms with Gasteiger partial charge in [-0.15, -0.1) is 0 Å². The summed E-state index contributed by atoms with van der Waals surface area (Å²) in [6.07, 6.45) is 12.2. The minimum atomic E-state index is 0.335. The van der Waals surface area contributed by atoms with Gasteiger partial charge in [-0.3, -0.25) is 4.79 Å². The third-order valence-electron chi connectivity index (χ3n) is 8.35. The molecule has 1 unspecified atom stereocenters. The van der Waals surface area contributed by atoms with Gasteiger partial charge < -0.3 is 4.90 Å². The fraction of sp³-hybridized carbons (Fsp3) is 0.581. The van der Waals surface area contributed by atoms with Crippen molar-refractivity contribution in [3.63, 3.8) is 0 Å². The summed E-state index contributed by atoms with van der Waals surface area (Å²) in [6, 6.07) is 15.1. The Kier molecular flexibility index (Phi) is 8.28. The van der Waals surface area contributed by atoms with Crippen LogP contribution in [0.15, 0.2) is 42.5 Å². The molecule has 0 spiro atoms. The lowest BCUT2D eigenvalue weighted by Crippen LogP contribution is -2.26. The molecule has 3 atom stereocenters. The second-order valence-electron chi connectivity index (χ2n) is 10.8. The topological polar surface area (TPSA) is 20.3 Å². The number of Topliss-reactive ketones (excluding diaryl/α,β-unsaturated/α-hetero) is 1. The molecule has 0 aromatic heterocycles. The number of para-hydroxylation sites is 1. The minimum absolute atomic E-state index is 0.335. The van der Waals surface area contributed by atoms with Gasteiger partial charge in [-0.1, -0.05) is 43.7 Å². The smallest absolute Gasteiger partial charge is 0.162 e. The number of nitrogens with zero attached hydrogens (tertiary/aromatic N) is 1. The highest BCUT2D eigenvalue weighted by molar-refractivity contribution is 5.96. The Balaban J connectivity index is 1.25. The second-order valence-corrected chi connectivity index (χ2v) is 10.8. The number of benzene rings is 2. The highest BCUT2D eigenvalue weighted by atomic mass is 16.1. The zero-order valence-corrected chi connectivity index (χ0v) is 21.1. The summed E-state index contributed by atoms with van der Waals surface area (Å²) >= 11 is 0. The molecule has 2 heteroatoms. The van der Waals surface area contributed by atoms with Crippen molar-refractivity contribution in [3.8, 4) is 0 Å². The van der Waals surface area contributed by atoms with Crippen LogP contribution >= 0.6 is 0 Å². The quantitative estimate of drug-likeness (QED) is 0.309. The van der Waals surface area contributed by atoms with Gasteiger partial charge in [0.2, 0.25) is 0 Å². The molecule has 0 saturated heterocycles. The van der Waals surface area contributed by atoms with E-state index in [0.29, 0.717) is 5.78 Å². The van der Waals surface area contributed by atoms with Gasteiger partial charge in [-0.05, 0) is 112 Å². The van der Waals surface area contributed by atoms with E-state index in [9.17, 15) is 4.79 Å². The van der Waals surface area contributed by atoms with Crippen LogP contribution in [0.1, 0.15) is 91.8 Å². The first-order valence-corrected chi connectivity index (χ1v) is 13.5. The summed E-state index contributed by atoms with van der Waals surface area (Å²) in [5, 5.41) is 0. The zero-order chi connectivity index (χ0) is 23.2. The summed E-state index contributed by atoms with van der Waals surface area (Å²) in [7, 11) is 0. The summed E-state index contributed by atoms with van der Waals surface area (Å²) in [4.78, 5) is 15.3. The molecule has 2 aromatic carbocycles. The second kappa shape index (κ2) is 11.4. The molecule has 2 saturated carbocycles. The molecule has 0 radical (unpaired) electrons. The van der Waals surface area contributed by atoms with Crippen LogP contribution in [-0.4, -0.2) is 18.9 Å². The van der Waals surface area contributed by atoms with E-state index in [1.807, 2.05) is 0 Å². The lowest BCUT2D eigenvalue weighted by atomic mass is 9.85. The molecular weight excluding hydrogens is 402 g/mol. The summed E-state index contributed by atoms with van der Waals surface area (Å²) in [5.74, 6) is 3.23. The van der Waals surface area contributed by atoms with Crippen LogP contribution in [0.3, 0.4) is 0 Å². The minimum Gasteiger partial charge on any atom is -0.371 e. The van der Waals surface area contributed by atoms with Crippen molar-refractivity contribution >= 4 is 11.5 Å². The van der Waals surface area contributed by atoms with Crippen molar-refractivity contribution in [2.45, 2.75) is 85.0 Å². The highest BCUT2D eigenvalue weighted by Crippen LogP contribution is 2.50. The molecule has 0 heterocycles. The van der Waals surface area contributed by atoms with Gasteiger partial charge in [0.1, 0.15) is 0 Å². The monoisotopic (exact) mass is 445 g/mol. The van der Waals surface area contributed by atoms with Crippen LogP contribution in [-0.2, 0) is 6.42 Å². The number of carbonyl (C=O) groups is 1. The van der Waals surface area contributed by atoms with Crippen LogP contribution in [0.4, 0.5) is 5.69 Å². The van der Waals surface area contributed by atoms with Crippen molar-refractivity contribution in [2.24, 2.45) is 17.8 Å². The highest BCUT2D eigenvalue weighted by Gasteiger charge is 2.38. The van der Waals surface area contributed by atoms with E-state index in [4.69, 9.17) is 0 Å². The van der Waals surface area contributed by atoms with Gasteiger partial charge in [-0.2, -0.15) is 0 Å². The van der Waals surface area contributed by atoms with Crippen LogP contribution in [0, 0.1) is 31.6 Å². The molecule has 0 aliphatic heterocycles. The van der Waals surface area contributed by atoms with Gasteiger partial charge >= 0.3 is 0 Å². The molecule has 4 rings (SSSR count). The predicted molar refractivity (Wildman–Crippen MR) is 140 cm³/mol. The lowest BCUT2D eigenvalue weighted by Gasteiger charge is -2.26. The first-order chi connectivity index (χ1) is 16.0. The van der Waals surface area contributed by atoms with Gasteiger partial charge in [0, 0.05) is 30.8 Å². The Labute approximate surface area is 201 Å². The molecule has 2 aromatic rings. The van der Waals surface area contributed by atoms with Crippen molar-refractivity contribution in [1.29, 1.82) is 0 Å². The maximum absolute atomic E-state index is 12.8. The fourth-order valence-electron chi connectivity index (χ4n) is 6.55. The van der Waals surface area contributed by atoms with E-state index < -0.39 is 0 Å². The maximum Gasteiger partial charge on any atom is 0.162 e. The van der Waals surface area contributed by atoms with Crippen molar-refractivity contribution in [3.05, 3.63) is 64.7 Å². The molecule has 178 valence electrons. The lowest BCUT2D eigenvalue weighted by molar-refractivity contribution is 0.0976. The van der Waals surface area contributed by atoms with Crippen LogP contribution in [0.5, 0.6) is 0 Å². The van der Waals surface area contributed by atoms with E-state index >= 15 is 0 Å². The largest absolute Gasteiger partial charge is 0.371 e. The van der Waals surface area contributed by atoms with Gasteiger partial charge in [0.15, 0.2) is 5.78 Å². The molecule has 2 aliphatic carbocycles. The van der Waals surface area contributed by atoms with Crippen molar-refractivity contribution in [2.75, 3.05) is 18.0 Å². The number of hydrogen-bond acceptors (Lipinski definition) is 2. The molecule has 0 N–H and O–H groups in total. The number of rotatable bonds is 12. The van der Waals surface area contributed by atoms with Gasteiger partial charge in [0.05, 0.1) is 0 Å². The molecular formula is C31H43NO. The Hall–Kier alpha value is -2.09. The molecule has 2 nitrogen and oxygen atoms in total. The van der Waals surface area contributed by atoms with E-state index in [1.165, 1.54) is 54.5 Å². The average Bonchev–Trinajstić information content (AvgIpc) is 3.43. The van der Waals surface area contributed by atoms with Crippen LogP contribution < -0.4 is 4.90 Å². The Morgan fingerprint density at radius 3 is 2.52 bits per heavy atom. The normalized spacial score (nSPS) is 21.5. The molecule has 2 fully saturated rings. The summed E-state index contributed by atoms with van der Waals surface area (Å²) in [5.41, 5.74) is 6.28. The van der Waals surface area contributed by atoms with E-state index in [2.05, 4.69) is 68.1 Å². The summed E-state index contributed by atoms with van der Waals surface area (Å²) in [6.45, 7) is 8.80. The predicted octanol–water partition coefficient (Wildman–Crippen LogP) is 7.94. The third-order valence-corrected chi connectivity index (χ3v) is 8.35.